The van der Waals surface area contributed by atoms with Gasteiger partial charge in [-0.1, -0.05) is 20.8 Å². The smallest absolute Gasteiger partial charge is 0.326 e. The summed E-state index contributed by atoms with van der Waals surface area (Å²) in [5.41, 5.74) is -0.314. The third-order valence-corrected chi connectivity index (χ3v) is 3.66. The van der Waals surface area contributed by atoms with Crippen LogP contribution in [0.2, 0.25) is 0 Å². The first kappa shape index (κ1) is 13.9. The zero-order valence-corrected chi connectivity index (χ0v) is 10.9. The van der Waals surface area contributed by atoms with E-state index in [9.17, 15) is 19.8 Å². The number of nitrogens with one attached hydrogen (secondary N) is 1. The van der Waals surface area contributed by atoms with Gasteiger partial charge in [-0.15, -0.1) is 0 Å². The third-order valence-electron chi connectivity index (χ3n) is 3.66. The molecule has 0 aromatic carbocycles. The highest BCUT2D eigenvalue weighted by molar-refractivity contribution is 5.85. The number of aliphatic carboxylic acids is 2. The van der Waals surface area contributed by atoms with Gasteiger partial charge in [-0.2, -0.15) is 0 Å². The van der Waals surface area contributed by atoms with E-state index in [1.807, 2.05) is 0 Å². The number of nitrogens with zero attached hydrogens (tertiary/aromatic N) is 1. The van der Waals surface area contributed by atoms with Crippen molar-refractivity contribution in [2.45, 2.75) is 45.2 Å². The van der Waals surface area contributed by atoms with Gasteiger partial charge >= 0.3 is 11.9 Å². The Morgan fingerprint density at radius 1 is 1.24 bits per heavy atom. The molecule has 6 nitrogen and oxygen atoms in total. The van der Waals surface area contributed by atoms with Crippen LogP contribution in [-0.4, -0.2) is 45.3 Å². The van der Waals surface area contributed by atoms with Crippen LogP contribution in [-0.2, 0) is 9.59 Å². The van der Waals surface area contributed by atoms with Crippen LogP contribution in [0.15, 0.2) is 0 Å². The quantitative estimate of drug-likeness (QED) is 0.657. The van der Waals surface area contributed by atoms with E-state index in [0.29, 0.717) is 0 Å². The van der Waals surface area contributed by atoms with E-state index in [0.717, 1.165) is 0 Å². The molecule has 1 fully saturated rings. The van der Waals surface area contributed by atoms with E-state index in [1.165, 1.54) is 11.9 Å². The lowest BCUT2D eigenvalue weighted by Crippen LogP contribution is -2.59. The van der Waals surface area contributed by atoms with Crippen molar-refractivity contribution >= 4 is 11.9 Å². The molecule has 1 saturated heterocycles. The van der Waals surface area contributed by atoms with Crippen LogP contribution in [0.25, 0.3) is 0 Å². The lowest BCUT2D eigenvalue weighted by atomic mass is 9.69. The molecule has 0 amide bonds. The first-order chi connectivity index (χ1) is 7.47. The van der Waals surface area contributed by atoms with Crippen molar-refractivity contribution < 1.29 is 19.8 Å². The van der Waals surface area contributed by atoms with Crippen LogP contribution in [0.1, 0.15) is 34.1 Å². The molecule has 0 bridgehead atoms. The average Bonchev–Trinajstić information content (AvgIpc) is 2.38. The monoisotopic (exact) mass is 244 g/mol. The first-order valence-corrected chi connectivity index (χ1v) is 5.46. The fraction of sp³-hybridized carbons (Fsp3) is 0.818. The molecule has 17 heavy (non-hydrogen) atoms. The van der Waals surface area contributed by atoms with Crippen molar-refractivity contribution in [1.82, 2.24) is 10.4 Å². The topological polar surface area (TPSA) is 89.9 Å². The van der Waals surface area contributed by atoms with Gasteiger partial charge in [0.1, 0.15) is 11.1 Å². The Balaban J connectivity index is 3.29. The standard InChI is InChI=1S/C11H20N2O4/c1-9(2,3)11(8(16)17)6-10(4,7(14)15)12-13(11)5/h12H,6H2,1-5H3,(H,14,15)(H,16,17). The molecule has 0 aromatic rings. The molecule has 98 valence electrons. The molecule has 1 rings (SSSR count). The SMILES string of the molecule is CN1NC(C)(C(=O)O)CC1(C(=O)O)C(C)(C)C. The number of hydrazine groups is 1. The van der Waals surface area contributed by atoms with Gasteiger partial charge < -0.3 is 10.2 Å². The highest BCUT2D eigenvalue weighted by Crippen LogP contribution is 2.45. The van der Waals surface area contributed by atoms with Crippen LogP contribution in [0.3, 0.4) is 0 Å². The minimum absolute atomic E-state index is 0.0185. The summed E-state index contributed by atoms with van der Waals surface area (Å²) >= 11 is 0. The molecular formula is C11H20N2O4. The molecule has 6 heteroatoms. The number of carboxylic acids is 2. The van der Waals surface area contributed by atoms with E-state index in [4.69, 9.17) is 0 Å². The lowest BCUT2D eigenvalue weighted by molar-refractivity contribution is -0.157. The van der Waals surface area contributed by atoms with Gasteiger partial charge in [-0.05, 0) is 12.3 Å². The third kappa shape index (κ3) is 1.81. The molecule has 0 aliphatic carbocycles. The number of hydrogen-bond acceptors (Lipinski definition) is 4. The molecule has 0 aromatic heterocycles. The molecular weight excluding hydrogens is 224 g/mol. The number of likely N-dealkylation sites (N-methyl/N-ethyl adjacent to an activating group) is 1. The van der Waals surface area contributed by atoms with E-state index < -0.39 is 28.4 Å². The second kappa shape index (κ2) is 3.68. The van der Waals surface area contributed by atoms with Gasteiger partial charge in [0.05, 0.1) is 0 Å². The second-order valence-electron chi connectivity index (χ2n) is 5.90. The van der Waals surface area contributed by atoms with Gasteiger partial charge in [-0.25, -0.2) is 10.4 Å². The fourth-order valence-corrected chi connectivity index (χ4v) is 2.57. The van der Waals surface area contributed by atoms with Crippen LogP contribution < -0.4 is 5.43 Å². The Labute approximate surface area is 101 Å². The van der Waals surface area contributed by atoms with Crippen LogP contribution in [0.4, 0.5) is 0 Å². The molecule has 2 unspecified atom stereocenters. The van der Waals surface area contributed by atoms with Gasteiger partial charge in [0.2, 0.25) is 0 Å². The summed E-state index contributed by atoms with van der Waals surface area (Å²) in [6, 6.07) is 0. The van der Waals surface area contributed by atoms with Crippen molar-refractivity contribution in [3.8, 4) is 0 Å². The number of hydrogen-bond donors (Lipinski definition) is 3. The van der Waals surface area contributed by atoms with E-state index in [1.54, 1.807) is 27.8 Å². The minimum atomic E-state index is -1.25. The average molecular weight is 244 g/mol. The van der Waals surface area contributed by atoms with E-state index in [-0.39, 0.29) is 6.42 Å². The van der Waals surface area contributed by atoms with Crippen molar-refractivity contribution in [2.24, 2.45) is 5.41 Å². The Morgan fingerprint density at radius 3 is 1.88 bits per heavy atom. The number of carbonyl (C=O) groups is 2. The zero-order chi connectivity index (χ0) is 13.6. The minimum Gasteiger partial charge on any atom is -0.480 e. The fourth-order valence-electron chi connectivity index (χ4n) is 2.57. The van der Waals surface area contributed by atoms with E-state index in [2.05, 4.69) is 5.43 Å². The molecule has 1 heterocycles. The predicted molar refractivity (Wildman–Crippen MR) is 61.4 cm³/mol. The molecule has 2 atom stereocenters. The molecule has 1 aliphatic heterocycles. The molecule has 3 N–H and O–H groups in total. The van der Waals surface area contributed by atoms with Crippen molar-refractivity contribution in [3.05, 3.63) is 0 Å². The summed E-state index contributed by atoms with van der Waals surface area (Å²) in [6.07, 6.45) is 0.0185. The lowest BCUT2D eigenvalue weighted by Gasteiger charge is -2.42. The van der Waals surface area contributed by atoms with Crippen molar-refractivity contribution in [1.29, 1.82) is 0 Å². The molecule has 1 aliphatic rings. The normalized spacial score (nSPS) is 34.9. The Hall–Kier alpha value is -1.14. The molecule has 0 saturated carbocycles. The van der Waals surface area contributed by atoms with Crippen LogP contribution in [0.5, 0.6) is 0 Å². The largest absolute Gasteiger partial charge is 0.480 e. The summed E-state index contributed by atoms with van der Waals surface area (Å²) in [5, 5.41) is 20.1. The maximum atomic E-state index is 11.6. The second-order valence-corrected chi connectivity index (χ2v) is 5.90. The Kier molecular flexibility index (Phi) is 3.01. The number of rotatable bonds is 2. The van der Waals surface area contributed by atoms with Crippen LogP contribution >= 0.6 is 0 Å². The maximum absolute atomic E-state index is 11.6. The summed E-state index contributed by atoms with van der Waals surface area (Å²) in [6.45, 7) is 6.90. The van der Waals surface area contributed by atoms with Gasteiger partial charge in [-0.3, -0.25) is 9.59 Å². The summed E-state index contributed by atoms with van der Waals surface area (Å²) in [4.78, 5) is 22.8. The summed E-state index contributed by atoms with van der Waals surface area (Å²) in [7, 11) is 1.58. The predicted octanol–water partition coefficient (Wildman–Crippen LogP) is 0.539. The highest BCUT2D eigenvalue weighted by atomic mass is 16.4. The highest BCUT2D eigenvalue weighted by Gasteiger charge is 2.63. The first-order valence-electron chi connectivity index (χ1n) is 5.46. The van der Waals surface area contributed by atoms with Crippen molar-refractivity contribution in [2.75, 3.05) is 7.05 Å². The van der Waals surface area contributed by atoms with Crippen molar-refractivity contribution in [3.63, 3.8) is 0 Å². The zero-order valence-electron chi connectivity index (χ0n) is 10.9. The summed E-state index contributed by atoms with van der Waals surface area (Å²) in [5.74, 6) is -2.05. The summed E-state index contributed by atoms with van der Waals surface area (Å²) < 4.78 is 0. The Bertz CT molecular complexity index is 363. The Morgan fingerprint density at radius 2 is 1.71 bits per heavy atom. The maximum Gasteiger partial charge on any atom is 0.326 e. The van der Waals surface area contributed by atoms with Crippen LogP contribution in [0, 0.1) is 5.41 Å². The van der Waals surface area contributed by atoms with Gasteiger partial charge in [0, 0.05) is 13.5 Å². The van der Waals surface area contributed by atoms with Gasteiger partial charge in [0.15, 0.2) is 0 Å². The molecule has 0 radical (unpaired) electrons. The number of carboxylic acid groups (broad SMARTS) is 2. The molecule has 0 spiro atoms. The van der Waals surface area contributed by atoms with E-state index >= 15 is 0 Å². The van der Waals surface area contributed by atoms with Gasteiger partial charge in [0.25, 0.3) is 0 Å².